The molecule has 0 aliphatic carbocycles. The van der Waals surface area contributed by atoms with Crippen LogP contribution in [0.2, 0.25) is 0 Å². The van der Waals surface area contributed by atoms with Gasteiger partial charge in [-0.3, -0.25) is 9.69 Å². The van der Waals surface area contributed by atoms with Crippen molar-refractivity contribution in [3.63, 3.8) is 0 Å². The van der Waals surface area contributed by atoms with Gasteiger partial charge in [0.25, 0.3) is 0 Å². The molecule has 2 amide bonds. The summed E-state index contributed by atoms with van der Waals surface area (Å²) < 4.78 is 5.55. The molecule has 1 aromatic rings. The van der Waals surface area contributed by atoms with E-state index < -0.39 is 5.60 Å². The third-order valence-electron chi connectivity index (χ3n) is 6.23. The molecule has 0 bridgehead atoms. The number of hydrogen-bond donors (Lipinski definition) is 0. The number of likely N-dealkylation sites (N-methyl/N-ethyl adjacent to an activating group) is 1. The summed E-state index contributed by atoms with van der Waals surface area (Å²) in [7, 11) is 1.75. The van der Waals surface area contributed by atoms with Crippen LogP contribution in [0.5, 0.6) is 0 Å². The van der Waals surface area contributed by atoms with Gasteiger partial charge < -0.3 is 14.5 Å². The number of carbonyl (C=O) groups is 2. The SMILES string of the molecule is CN1C[C@@]2(CCN(C(=O)CC3CCN(Cc4ccccc4)CC3)C2)OC1=O. The number of benzene rings is 1. The van der Waals surface area contributed by atoms with Crippen molar-refractivity contribution in [2.75, 3.05) is 39.8 Å². The molecule has 1 spiro atoms. The minimum atomic E-state index is -0.472. The van der Waals surface area contributed by atoms with E-state index in [1.807, 2.05) is 11.0 Å². The van der Waals surface area contributed by atoms with Gasteiger partial charge in [0.1, 0.15) is 0 Å². The summed E-state index contributed by atoms with van der Waals surface area (Å²) in [6.07, 6.45) is 3.27. The normalized spacial score (nSPS) is 26.8. The molecule has 6 nitrogen and oxygen atoms in total. The molecular formula is C21H29N3O3. The first-order valence-corrected chi connectivity index (χ1v) is 10.0. The van der Waals surface area contributed by atoms with E-state index in [0.29, 0.717) is 32.0 Å². The second-order valence-corrected chi connectivity index (χ2v) is 8.38. The number of carbonyl (C=O) groups excluding carboxylic acids is 2. The van der Waals surface area contributed by atoms with E-state index >= 15 is 0 Å². The Balaban J connectivity index is 1.23. The van der Waals surface area contributed by atoms with Crippen LogP contribution in [0.1, 0.15) is 31.2 Å². The number of nitrogens with zero attached hydrogens (tertiary/aromatic N) is 3. The predicted octanol–water partition coefficient (Wildman–Crippen LogP) is 2.34. The maximum Gasteiger partial charge on any atom is 0.410 e. The number of likely N-dealkylation sites (tertiary alicyclic amines) is 2. The minimum absolute atomic E-state index is 0.221. The molecule has 0 aromatic heterocycles. The van der Waals surface area contributed by atoms with Crippen LogP contribution in [0.4, 0.5) is 4.79 Å². The van der Waals surface area contributed by atoms with Crippen LogP contribution >= 0.6 is 0 Å². The zero-order valence-corrected chi connectivity index (χ0v) is 16.1. The molecule has 3 fully saturated rings. The summed E-state index contributed by atoms with van der Waals surface area (Å²) in [5, 5.41) is 0. The van der Waals surface area contributed by atoms with Crippen molar-refractivity contribution in [3.05, 3.63) is 35.9 Å². The fourth-order valence-electron chi connectivity index (χ4n) is 4.63. The summed E-state index contributed by atoms with van der Waals surface area (Å²) in [5.74, 6) is 0.689. The Bertz CT molecular complexity index is 687. The second-order valence-electron chi connectivity index (χ2n) is 8.38. The fourth-order valence-corrected chi connectivity index (χ4v) is 4.63. The number of amides is 2. The van der Waals surface area contributed by atoms with E-state index in [0.717, 1.165) is 38.9 Å². The third-order valence-corrected chi connectivity index (χ3v) is 6.23. The van der Waals surface area contributed by atoms with Gasteiger partial charge in [0, 0.05) is 33.0 Å². The molecule has 3 heterocycles. The second kappa shape index (κ2) is 7.50. The zero-order chi connectivity index (χ0) is 18.9. The fraction of sp³-hybridized carbons (Fsp3) is 0.619. The van der Waals surface area contributed by atoms with E-state index in [-0.39, 0.29) is 12.0 Å². The van der Waals surface area contributed by atoms with E-state index in [2.05, 4.69) is 29.2 Å². The van der Waals surface area contributed by atoms with Gasteiger partial charge in [0.2, 0.25) is 5.91 Å². The predicted molar refractivity (Wildman–Crippen MR) is 102 cm³/mol. The maximum absolute atomic E-state index is 12.7. The molecule has 3 saturated heterocycles. The largest absolute Gasteiger partial charge is 0.439 e. The number of piperidine rings is 1. The van der Waals surface area contributed by atoms with Crippen molar-refractivity contribution >= 4 is 12.0 Å². The first-order valence-electron chi connectivity index (χ1n) is 10.0. The van der Waals surface area contributed by atoms with Crippen molar-refractivity contribution in [1.29, 1.82) is 0 Å². The van der Waals surface area contributed by atoms with Gasteiger partial charge in [0.15, 0.2) is 5.60 Å². The minimum Gasteiger partial charge on any atom is -0.439 e. The monoisotopic (exact) mass is 371 g/mol. The smallest absolute Gasteiger partial charge is 0.410 e. The topological polar surface area (TPSA) is 53.1 Å². The highest BCUT2D eigenvalue weighted by Gasteiger charge is 2.49. The van der Waals surface area contributed by atoms with Crippen molar-refractivity contribution in [1.82, 2.24) is 14.7 Å². The average Bonchev–Trinajstić information content (AvgIpc) is 3.20. The Labute approximate surface area is 161 Å². The summed E-state index contributed by atoms with van der Waals surface area (Å²) >= 11 is 0. The van der Waals surface area contributed by atoms with Gasteiger partial charge in [0.05, 0.1) is 13.1 Å². The van der Waals surface area contributed by atoms with E-state index in [4.69, 9.17) is 4.74 Å². The maximum atomic E-state index is 12.7. The van der Waals surface area contributed by atoms with Crippen LogP contribution < -0.4 is 0 Å². The lowest BCUT2D eigenvalue weighted by molar-refractivity contribution is -0.132. The molecule has 1 aromatic carbocycles. The number of hydrogen-bond acceptors (Lipinski definition) is 4. The van der Waals surface area contributed by atoms with Gasteiger partial charge in [-0.1, -0.05) is 30.3 Å². The zero-order valence-electron chi connectivity index (χ0n) is 16.1. The van der Waals surface area contributed by atoms with Crippen LogP contribution in [0.25, 0.3) is 0 Å². The molecule has 0 saturated carbocycles. The Kier molecular flexibility index (Phi) is 5.08. The highest BCUT2D eigenvalue weighted by atomic mass is 16.6. The standard InChI is InChI=1S/C21H29N3O3/c1-22-15-21(27-20(22)26)9-12-24(16-21)19(25)13-17-7-10-23(11-8-17)14-18-5-3-2-4-6-18/h2-6,17H,7-16H2,1H3/t21-/m1/s1. The molecular weight excluding hydrogens is 342 g/mol. The number of rotatable bonds is 4. The molecule has 4 rings (SSSR count). The molecule has 0 N–H and O–H groups in total. The van der Waals surface area contributed by atoms with Crippen LogP contribution in [-0.4, -0.2) is 72.1 Å². The summed E-state index contributed by atoms with van der Waals surface area (Å²) in [6.45, 7) is 4.95. The summed E-state index contributed by atoms with van der Waals surface area (Å²) in [5.41, 5.74) is 0.881. The molecule has 1 atom stereocenters. The Morgan fingerprint density at radius 3 is 2.56 bits per heavy atom. The average molecular weight is 371 g/mol. The molecule has 3 aliphatic heterocycles. The van der Waals surface area contributed by atoms with Crippen molar-refractivity contribution < 1.29 is 14.3 Å². The quantitative estimate of drug-likeness (QED) is 0.815. The van der Waals surface area contributed by atoms with Crippen LogP contribution in [0.3, 0.4) is 0 Å². The van der Waals surface area contributed by atoms with Crippen molar-refractivity contribution in [2.24, 2.45) is 5.92 Å². The molecule has 3 aliphatic rings. The summed E-state index contributed by atoms with van der Waals surface area (Å²) in [4.78, 5) is 30.4. The molecule has 0 unspecified atom stereocenters. The van der Waals surface area contributed by atoms with E-state index in [9.17, 15) is 9.59 Å². The highest BCUT2D eigenvalue weighted by molar-refractivity contribution is 5.77. The van der Waals surface area contributed by atoms with Crippen molar-refractivity contribution in [3.8, 4) is 0 Å². The Morgan fingerprint density at radius 2 is 1.89 bits per heavy atom. The molecule has 6 heteroatoms. The Morgan fingerprint density at radius 1 is 1.15 bits per heavy atom. The molecule has 0 radical (unpaired) electrons. The first kappa shape index (κ1) is 18.3. The van der Waals surface area contributed by atoms with E-state index in [1.54, 1.807) is 11.9 Å². The van der Waals surface area contributed by atoms with Crippen molar-refractivity contribution in [2.45, 2.75) is 37.8 Å². The lowest BCUT2D eigenvalue weighted by Crippen LogP contribution is -2.40. The Hall–Kier alpha value is -2.08. The van der Waals surface area contributed by atoms with Crippen LogP contribution in [-0.2, 0) is 16.1 Å². The lowest BCUT2D eigenvalue weighted by atomic mass is 9.92. The first-order chi connectivity index (χ1) is 13.0. The molecule has 146 valence electrons. The van der Waals surface area contributed by atoms with Gasteiger partial charge in [-0.2, -0.15) is 0 Å². The van der Waals surface area contributed by atoms with Crippen LogP contribution in [0, 0.1) is 5.92 Å². The van der Waals surface area contributed by atoms with Crippen LogP contribution in [0.15, 0.2) is 30.3 Å². The summed E-state index contributed by atoms with van der Waals surface area (Å²) in [6, 6.07) is 10.6. The highest BCUT2D eigenvalue weighted by Crippen LogP contribution is 2.33. The third kappa shape index (κ3) is 4.10. The van der Waals surface area contributed by atoms with Gasteiger partial charge in [-0.05, 0) is 37.4 Å². The molecule has 27 heavy (non-hydrogen) atoms. The van der Waals surface area contributed by atoms with Gasteiger partial charge >= 0.3 is 6.09 Å². The van der Waals surface area contributed by atoms with Gasteiger partial charge in [-0.25, -0.2) is 4.79 Å². The lowest BCUT2D eigenvalue weighted by Gasteiger charge is -2.32. The van der Waals surface area contributed by atoms with Gasteiger partial charge in [-0.15, -0.1) is 0 Å². The number of ether oxygens (including phenoxy) is 1. The van der Waals surface area contributed by atoms with E-state index in [1.165, 1.54) is 5.56 Å².